The third-order valence-corrected chi connectivity index (χ3v) is 5.19. The zero-order valence-corrected chi connectivity index (χ0v) is 16.5. The highest BCUT2D eigenvalue weighted by atomic mass is 16.1. The highest BCUT2D eigenvalue weighted by Crippen LogP contribution is 2.24. The number of H-pyrrole nitrogens is 1. The molecule has 2 aromatic heterocycles. The summed E-state index contributed by atoms with van der Waals surface area (Å²) in [4.78, 5) is 28.0. The van der Waals surface area contributed by atoms with E-state index in [-0.39, 0.29) is 17.6 Å². The fourth-order valence-electron chi connectivity index (χ4n) is 3.61. The second-order valence-corrected chi connectivity index (χ2v) is 7.35. The maximum absolute atomic E-state index is 11.9. The minimum atomic E-state index is -0.579. The summed E-state index contributed by atoms with van der Waals surface area (Å²) in [6, 6.07) is 9.54. The lowest BCUT2D eigenvalue weighted by Crippen LogP contribution is -2.44. The van der Waals surface area contributed by atoms with Gasteiger partial charge in [0.05, 0.1) is 12.2 Å². The smallest absolute Gasteiger partial charge is 0.365 e. The Morgan fingerprint density at radius 2 is 1.93 bits per heavy atom. The van der Waals surface area contributed by atoms with Gasteiger partial charge in [0.2, 0.25) is 5.82 Å². The quantitative estimate of drug-likeness (QED) is 0.489. The van der Waals surface area contributed by atoms with E-state index in [9.17, 15) is 4.79 Å². The van der Waals surface area contributed by atoms with Gasteiger partial charge in [-0.3, -0.25) is 10.1 Å². The monoisotopic (exact) mass is 405 g/mol. The van der Waals surface area contributed by atoms with Crippen LogP contribution in [0.15, 0.2) is 48.9 Å². The topological polar surface area (TPSA) is 146 Å². The van der Waals surface area contributed by atoms with Crippen molar-refractivity contribution in [3.8, 4) is 11.4 Å². The minimum Gasteiger partial charge on any atom is -0.365 e. The SMILES string of the molecule is NC(=O)c1c[nH+]c(NC2CCCCC2N)nc1Nc1cccc(-c2ncccn2)c1. The Bertz CT molecular complexity index is 1030. The van der Waals surface area contributed by atoms with Crippen LogP contribution in [0.5, 0.6) is 0 Å². The van der Waals surface area contributed by atoms with Crippen LogP contribution in [0.1, 0.15) is 36.0 Å². The maximum Gasteiger partial charge on any atom is 0.391 e. The van der Waals surface area contributed by atoms with Gasteiger partial charge < -0.3 is 16.8 Å². The Hall–Kier alpha value is -3.59. The first-order chi connectivity index (χ1) is 14.6. The molecule has 1 fully saturated rings. The summed E-state index contributed by atoms with van der Waals surface area (Å²) in [6.07, 6.45) is 9.17. The summed E-state index contributed by atoms with van der Waals surface area (Å²) in [5.74, 6) is 0.927. The molecule has 4 rings (SSSR count). The van der Waals surface area contributed by atoms with Gasteiger partial charge in [0.15, 0.2) is 5.82 Å². The van der Waals surface area contributed by atoms with Crippen LogP contribution >= 0.6 is 0 Å². The lowest BCUT2D eigenvalue weighted by Gasteiger charge is -2.26. The molecule has 1 aromatic carbocycles. The standard InChI is InChI=1S/C21H24N8O/c22-16-7-1-2-8-17(16)28-21-26-12-15(18(23)30)20(29-21)27-14-6-3-5-13(11-14)19-24-9-4-10-25-19/h3-6,9-12,16-17H,1-2,7-8,22H2,(H2,23,30)(H2,26,27,28,29)/p+1. The molecule has 3 aromatic rings. The van der Waals surface area contributed by atoms with Gasteiger partial charge in [-0.1, -0.05) is 23.5 Å². The van der Waals surface area contributed by atoms with E-state index in [1.807, 2.05) is 24.3 Å². The number of rotatable bonds is 6. The number of nitrogens with one attached hydrogen (secondary N) is 3. The molecule has 2 unspecified atom stereocenters. The van der Waals surface area contributed by atoms with Crippen LogP contribution in [0, 0.1) is 0 Å². The number of hydrogen-bond acceptors (Lipinski definition) is 7. The zero-order valence-electron chi connectivity index (χ0n) is 16.5. The number of nitrogens with zero attached hydrogens (tertiary/aromatic N) is 3. The number of primary amides is 1. The van der Waals surface area contributed by atoms with Crippen molar-refractivity contribution in [2.45, 2.75) is 37.8 Å². The predicted molar refractivity (Wildman–Crippen MR) is 114 cm³/mol. The molecule has 0 radical (unpaired) electrons. The zero-order chi connectivity index (χ0) is 20.9. The van der Waals surface area contributed by atoms with E-state index < -0.39 is 5.91 Å². The fraction of sp³-hybridized carbons (Fsp3) is 0.286. The summed E-state index contributed by atoms with van der Waals surface area (Å²) >= 11 is 0. The normalized spacial score (nSPS) is 18.6. The molecule has 0 spiro atoms. The Kier molecular flexibility index (Phi) is 5.80. The maximum atomic E-state index is 11.9. The molecule has 1 amide bonds. The lowest BCUT2D eigenvalue weighted by molar-refractivity contribution is -0.365. The Morgan fingerprint density at radius 3 is 2.70 bits per heavy atom. The van der Waals surface area contributed by atoms with Gasteiger partial charge >= 0.3 is 5.95 Å². The molecule has 9 nitrogen and oxygen atoms in total. The van der Waals surface area contributed by atoms with E-state index in [0.717, 1.165) is 36.9 Å². The Balaban J connectivity index is 1.60. The van der Waals surface area contributed by atoms with Gasteiger partial charge in [0, 0.05) is 29.7 Å². The first kappa shape index (κ1) is 19.7. The van der Waals surface area contributed by atoms with E-state index >= 15 is 0 Å². The number of aromatic amines is 1. The van der Waals surface area contributed by atoms with E-state index in [0.29, 0.717) is 17.6 Å². The van der Waals surface area contributed by atoms with Crippen LogP contribution in [0.4, 0.5) is 17.5 Å². The number of benzene rings is 1. The van der Waals surface area contributed by atoms with Crippen LogP contribution in [0.25, 0.3) is 11.4 Å². The third kappa shape index (κ3) is 4.52. The minimum absolute atomic E-state index is 0.0729. The van der Waals surface area contributed by atoms with Gasteiger partial charge in [0.25, 0.3) is 5.91 Å². The molecule has 7 N–H and O–H groups in total. The molecular formula is C21H25N8O+. The lowest BCUT2D eigenvalue weighted by atomic mass is 9.91. The molecule has 30 heavy (non-hydrogen) atoms. The number of carbonyl (C=O) groups is 1. The molecule has 0 aliphatic heterocycles. The molecule has 9 heteroatoms. The van der Waals surface area contributed by atoms with Crippen molar-refractivity contribution in [2.75, 3.05) is 10.6 Å². The number of aromatic nitrogens is 4. The fourth-order valence-corrected chi connectivity index (χ4v) is 3.61. The van der Waals surface area contributed by atoms with Crippen LogP contribution in [-0.2, 0) is 0 Å². The van der Waals surface area contributed by atoms with Gasteiger partial charge in [-0.15, -0.1) is 0 Å². The summed E-state index contributed by atoms with van der Waals surface area (Å²) in [5.41, 5.74) is 13.6. The third-order valence-electron chi connectivity index (χ3n) is 5.19. The average Bonchev–Trinajstić information content (AvgIpc) is 2.76. The largest absolute Gasteiger partial charge is 0.391 e. The molecule has 2 atom stereocenters. The average molecular weight is 405 g/mol. The van der Waals surface area contributed by atoms with Gasteiger partial charge in [0.1, 0.15) is 5.56 Å². The van der Waals surface area contributed by atoms with Crippen LogP contribution in [0.3, 0.4) is 0 Å². The van der Waals surface area contributed by atoms with Gasteiger partial charge in [-0.05, 0) is 37.5 Å². The first-order valence-electron chi connectivity index (χ1n) is 9.99. The van der Waals surface area contributed by atoms with Crippen molar-refractivity contribution in [1.82, 2.24) is 15.0 Å². The molecular weight excluding hydrogens is 380 g/mol. The number of nitrogens with two attached hydrogens (primary N) is 2. The molecule has 0 bridgehead atoms. The summed E-state index contributed by atoms with van der Waals surface area (Å²) in [5, 5.41) is 6.55. The highest BCUT2D eigenvalue weighted by molar-refractivity contribution is 5.97. The number of amides is 1. The van der Waals surface area contributed by atoms with Gasteiger partial charge in [-0.25, -0.2) is 15.0 Å². The predicted octanol–water partition coefficient (Wildman–Crippen LogP) is 1.88. The van der Waals surface area contributed by atoms with Crippen LogP contribution < -0.4 is 27.1 Å². The van der Waals surface area contributed by atoms with E-state index in [4.69, 9.17) is 11.5 Å². The van der Waals surface area contributed by atoms with Crippen molar-refractivity contribution in [1.29, 1.82) is 0 Å². The van der Waals surface area contributed by atoms with Crippen molar-refractivity contribution < 1.29 is 9.78 Å². The van der Waals surface area contributed by atoms with Crippen molar-refractivity contribution in [3.05, 3.63) is 54.5 Å². The van der Waals surface area contributed by atoms with Gasteiger partial charge in [-0.2, -0.15) is 0 Å². The van der Waals surface area contributed by atoms with E-state index in [2.05, 4.69) is 30.6 Å². The number of anilines is 3. The van der Waals surface area contributed by atoms with E-state index in [1.165, 1.54) is 0 Å². The second kappa shape index (κ2) is 8.83. The van der Waals surface area contributed by atoms with Crippen molar-refractivity contribution in [3.63, 3.8) is 0 Å². The summed E-state index contributed by atoms with van der Waals surface area (Å²) < 4.78 is 0. The number of carbonyl (C=O) groups excluding carboxylic acids is 1. The van der Waals surface area contributed by atoms with E-state index in [1.54, 1.807) is 24.7 Å². The first-order valence-corrected chi connectivity index (χ1v) is 9.99. The molecule has 154 valence electrons. The highest BCUT2D eigenvalue weighted by Gasteiger charge is 2.27. The molecule has 1 aliphatic carbocycles. The van der Waals surface area contributed by atoms with Crippen molar-refractivity contribution >= 4 is 23.4 Å². The number of hydrogen-bond donors (Lipinski definition) is 4. The molecule has 2 heterocycles. The molecule has 1 aliphatic rings. The second-order valence-electron chi connectivity index (χ2n) is 7.35. The van der Waals surface area contributed by atoms with Crippen LogP contribution in [-0.4, -0.2) is 32.9 Å². The Morgan fingerprint density at radius 1 is 1.13 bits per heavy atom. The molecule has 0 saturated heterocycles. The summed E-state index contributed by atoms with van der Waals surface area (Å²) in [6.45, 7) is 0. The van der Waals surface area contributed by atoms with Crippen molar-refractivity contribution in [2.24, 2.45) is 11.5 Å². The molecule has 1 saturated carbocycles. The Labute approximate surface area is 174 Å². The van der Waals surface area contributed by atoms with Crippen LogP contribution in [0.2, 0.25) is 0 Å². The summed E-state index contributed by atoms with van der Waals surface area (Å²) in [7, 11) is 0.